The average molecular weight is 407 g/mol. The van der Waals surface area contributed by atoms with Gasteiger partial charge in [-0.25, -0.2) is 0 Å². The van der Waals surface area contributed by atoms with Gasteiger partial charge in [-0.1, -0.05) is 34.6 Å². The quantitative estimate of drug-likeness (QED) is 0.453. The van der Waals surface area contributed by atoms with Gasteiger partial charge in [0.05, 0.1) is 13.2 Å². The smallest absolute Gasteiger partial charge is 0.276 e. The van der Waals surface area contributed by atoms with Gasteiger partial charge in [-0.15, -0.1) is 0 Å². The lowest BCUT2D eigenvalue weighted by Crippen LogP contribution is -2.30. The summed E-state index contributed by atoms with van der Waals surface area (Å²) in [5.74, 6) is 1.62. The zero-order valence-corrected chi connectivity index (χ0v) is 16.9. The van der Waals surface area contributed by atoms with Gasteiger partial charge in [0.25, 0.3) is 5.91 Å². The molecule has 0 aliphatic heterocycles. The molecule has 4 rings (SSSR count). The molecule has 0 saturated heterocycles. The molecule has 8 nitrogen and oxygen atoms in total. The molecular formula is C22H21N3O5. The van der Waals surface area contributed by atoms with E-state index in [2.05, 4.69) is 10.3 Å². The Morgan fingerprint density at radius 3 is 2.53 bits per heavy atom. The van der Waals surface area contributed by atoms with Crippen LogP contribution >= 0.6 is 0 Å². The molecule has 0 spiro atoms. The molecule has 2 aromatic carbocycles. The first-order valence-electron chi connectivity index (χ1n) is 9.40. The van der Waals surface area contributed by atoms with Crippen molar-refractivity contribution in [3.05, 3.63) is 71.9 Å². The summed E-state index contributed by atoms with van der Waals surface area (Å²) >= 11 is 0. The highest BCUT2D eigenvalue weighted by atomic mass is 16.5. The first kappa shape index (κ1) is 19.5. The van der Waals surface area contributed by atoms with Gasteiger partial charge in [-0.2, -0.15) is 0 Å². The van der Waals surface area contributed by atoms with Crippen molar-refractivity contribution in [1.82, 2.24) is 15.2 Å². The van der Waals surface area contributed by atoms with Crippen LogP contribution in [0, 0.1) is 0 Å². The monoisotopic (exact) mass is 407 g/mol. The van der Waals surface area contributed by atoms with Crippen molar-refractivity contribution in [2.24, 2.45) is 0 Å². The van der Waals surface area contributed by atoms with E-state index in [4.69, 9.17) is 18.5 Å². The van der Waals surface area contributed by atoms with E-state index in [9.17, 15) is 4.79 Å². The Morgan fingerprint density at radius 2 is 1.83 bits per heavy atom. The Balaban J connectivity index is 1.47. The molecule has 0 saturated carbocycles. The summed E-state index contributed by atoms with van der Waals surface area (Å²) in [6, 6.07) is 14.5. The van der Waals surface area contributed by atoms with Crippen molar-refractivity contribution in [2.75, 3.05) is 14.2 Å². The third-order valence-corrected chi connectivity index (χ3v) is 5.00. The average Bonchev–Trinajstić information content (AvgIpc) is 3.48. The van der Waals surface area contributed by atoms with Crippen molar-refractivity contribution in [3.8, 4) is 11.5 Å². The second kappa shape index (κ2) is 8.28. The second-order valence-corrected chi connectivity index (χ2v) is 6.80. The maximum absolute atomic E-state index is 12.7. The number of fused-ring (bicyclic) bond motifs is 1. The number of nitrogens with zero attached hydrogens (tertiary/aromatic N) is 3. The molecular weight excluding hydrogens is 386 g/mol. The third kappa shape index (κ3) is 3.71. The molecule has 0 fully saturated rings. The lowest BCUT2D eigenvalue weighted by molar-refractivity contribution is 0.0727. The molecule has 30 heavy (non-hydrogen) atoms. The number of benzene rings is 2. The van der Waals surface area contributed by atoms with Gasteiger partial charge in [-0.3, -0.25) is 4.79 Å². The minimum atomic E-state index is -0.282. The van der Waals surface area contributed by atoms with Gasteiger partial charge in [-0.05, 0) is 19.1 Å². The fraction of sp³-hybridized carbons (Fsp3) is 0.227. The molecule has 0 bridgehead atoms. The topological polar surface area (TPSA) is 90.8 Å². The third-order valence-electron chi connectivity index (χ3n) is 5.00. The zero-order chi connectivity index (χ0) is 21.1. The standard InChI is InChI=1S/C22H21N3O5/c1-14(18-10-11-29-23-18)25(2)22(26)19-12-15(30-24-19)13-28-21-9-8-20(27-3)16-6-4-5-7-17(16)21/h4-12,14H,13H2,1-3H3. The second-order valence-electron chi connectivity index (χ2n) is 6.80. The van der Waals surface area contributed by atoms with Crippen molar-refractivity contribution in [1.29, 1.82) is 0 Å². The number of amides is 1. The van der Waals surface area contributed by atoms with Crippen molar-refractivity contribution >= 4 is 16.7 Å². The molecule has 8 heteroatoms. The van der Waals surface area contributed by atoms with Crippen LogP contribution in [0.3, 0.4) is 0 Å². The lowest BCUT2D eigenvalue weighted by Gasteiger charge is -2.21. The highest BCUT2D eigenvalue weighted by Crippen LogP contribution is 2.33. The number of hydrogen-bond donors (Lipinski definition) is 0. The first-order valence-corrected chi connectivity index (χ1v) is 9.40. The Labute approximate surface area is 172 Å². The number of hydrogen-bond acceptors (Lipinski definition) is 7. The van der Waals surface area contributed by atoms with E-state index in [-0.39, 0.29) is 24.2 Å². The molecule has 1 unspecified atom stereocenters. The molecule has 1 amide bonds. The lowest BCUT2D eigenvalue weighted by atomic mass is 10.1. The van der Waals surface area contributed by atoms with Gasteiger partial charge >= 0.3 is 0 Å². The van der Waals surface area contributed by atoms with Crippen molar-refractivity contribution < 1.29 is 23.3 Å². The zero-order valence-electron chi connectivity index (χ0n) is 16.9. The fourth-order valence-corrected chi connectivity index (χ4v) is 3.17. The SMILES string of the molecule is COc1ccc(OCc2cc(C(=O)N(C)C(C)c3ccon3)no2)c2ccccc12. The number of ether oxygens (including phenoxy) is 2. The molecule has 154 valence electrons. The normalized spacial score (nSPS) is 12.0. The number of carbonyl (C=O) groups excluding carboxylic acids is 1. The minimum Gasteiger partial charge on any atom is -0.496 e. The van der Waals surface area contributed by atoms with Crippen LogP contribution in [0.1, 0.15) is 34.9 Å². The van der Waals surface area contributed by atoms with Crippen LogP contribution in [0.4, 0.5) is 0 Å². The van der Waals surface area contributed by atoms with Crippen LogP contribution in [0.15, 0.2) is 63.8 Å². The minimum absolute atomic E-state index is 0.138. The van der Waals surface area contributed by atoms with Gasteiger partial charge < -0.3 is 23.4 Å². The van der Waals surface area contributed by atoms with Crippen LogP contribution in [0.2, 0.25) is 0 Å². The van der Waals surface area contributed by atoms with Crippen LogP contribution in [0.5, 0.6) is 11.5 Å². The van der Waals surface area contributed by atoms with Crippen LogP contribution in [-0.4, -0.2) is 35.3 Å². The summed E-state index contributed by atoms with van der Waals surface area (Å²) in [7, 11) is 3.31. The predicted molar refractivity (Wildman–Crippen MR) is 108 cm³/mol. The Bertz CT molecular complexity index is 1150. The first-order chi connectivity index (χ1) is 14.6. The van der Waals surface area contributed by atoms with Gasteiger partial charge in [0.15, 0.2) is 11.5 Å². The number of carbonyl (C=O) groups is 1. The fourth-order valence-electron chi connectivity index (χ4n) is 3.17. The molecule has 0 radical (unpaired) electrons. The van der Waals surface area contributed by atoms with E-state index < -0.39 is 0 Å². The van der Waals surface area contributed by atoms with Gasteiger partial charge in [0.1, 0.15) is 30.1 Å². The highest BCUT2D eigenvalue weighted by molar-refractivity contribution is 5.93. The maximum atomic E-state index is 12.7. The highest BCUT2D eigenvalue weighted by Gasteiger charge is 2.23. The summed E-state index contributed by atoms with van der Waals surface area (Å²) in [5.41, 5.74) is 0.857. The van der Waals surface area contributed by atoms with Crippen LogP contribution in [-0.2, 0) is 6.61 Å². The molecule has 2 heterocycles. The summed E-state index contributed by atoms with van der Waals surface area (Å²) < 4.78 is 21.5. The van der Waals surface area contributed by atoms with Crippen molar-refractivity contribution in [2.45, 2.75) is 19.6 Å². The molecule has 0 aliphatic rings. The number of aromatic nitrogens is 2. The van der Waals surface area contributed by atoms with E-state index in [1.165, 1.54) is 11.2 Å². The molecule has 4 aromatic rings. The number of rotatable bonds is 7. The Morgan fingerprint density at radius 1 is 1.10 bits per heavy atom. The van der Waals surface area contributed by atoms with E-state index in [0.717, 1.165) is 16.5 Å². The molecule has 1 atom stereocenters. The van der Waals surface area contributed by atoms with E-state index in [1.54, 1.807) is 26.3 Å². The molecule has 2 aromatic heterocycles. The molecule has 0 N–H and O–H groups in total. The van der Waals surface area contributed by atoms with E-state index in [1.807, 2.05) is 43.3 Å². The Kier molecular flexibility index (Phi) is 5.38. The summed E-state index contributed by atoms with van der Waals surface area (Å²) in [5, 5.41) is 9.65. The van der Waals surface area contributed by atoms with E-state index in [0.29, 0.717) is 17.2 Å². The van der Waals surface area contributed by atoms with Crippen molar-refractivity contribution in [3.63, 3.8) is 0 Å². The summed E-state index contributed by atoms with van der Waals surface area (Å²) in [6.45, 7) is 1.99. The Hall–Kier alpha value is -3.81. The largest absolute Gasteiger partial charge is 0.496 e. The van der Waals surface area contributed by atoms with Gasteiger partial charge in [0, 0.05) is 30.0 Å². The summed E-state index contributed by atoms with van der Waals surface area (Å²) in [4.78, 5) is 14.2. The number of methoxy groups -OCH3 is 1. The summed E-state index contributed by atoms with van der Waals surface area (Å²) in [6.07, 6.45) is 1.47. The molecule has 0 aliphatic carbocycles. The maximum Gasteiger partial charge on any atom is 0.276 e. The van der Waals surface area contributed by atoms with Gasteiger partial charge in [0.2, 0.25) is 0 Å². The van der Waals surface area contributed by atoms with Crippen LogP contribution in [0.25, 0.3) is 10.8 Å². The predicted octanol–water partition coefficient (Wildman–Crippen LogP) is 4.24. The van der Waals surface area contributed by atoms with Crippen LogP contribution < -0.4 is 9.47 Å². The van der Waals surface area contributed by atoms with E-state index >= 15 is 0 Å².